The predicted molar refractivity (Wildman–Crippen MR) is 177 cm³/mol. The highest BCUT2D eigenvalue weighted by atomic mass is 31.1. The van der Waals surface area contributed by atoms with Gasteiger partial charge in [0, 0.05) is 39.2 Å². The Hall–Kier alpha value is -5.18. The lowest BCUT2D eigenvalue weighted by Gasteiger charge is -2.21. The van der Waals surface area contributed by atoms with Crippen molar-refractivity contribution in [3.8, 4) is 0 Å². The van der Waals surface area contributed by atoms with Crippen LogP contribution in [-0.2, 0) is 0 Å². The van der Waals surface area contributed by atoms with Crippen LogP contribution in [0, 0.1) is 0 Å². The monoisotopic (exact) mass is 554 g/mol. The Labute approximate surface area is 242 Å². The number of benzene rings is 5. The molecule has 0 saturated carbocycles. The summed E-state index contributed by atoms with van der Waals surface area (Å²) in [6, 6.07) is 45.6. The fourth-order valence-electron chi connectivity index (χ4n) is 6.33. The Morgan fingerprint density at radius 2 is 1.14 bits per heavy atom. The van der Waals surface area contributed by atoms with Gasteiger partial charge in [0.25, 0.3) is 0 Å². The molecular formula is C37H23N4P. The quantitative estimate of drug-likeness (QED) is 0.166. The standard InChI is InChI=1S/C37H23N4P/c1-2-12-30-28(10-1)29-11-3-4-14-34(29)41-36-31(40-37(30)41)13-5-15-35(36)42(26-18-16-24-8-6-20-38-32(24)22-26)27-19-17-25-9-7-21-39-33(25)23-27/h1-23H. The molecule has 0 spiro atoms. The second kappa shape index (κ2) is 9.17. The minimum Gasteiger partial charge on any atom is -0.291 e. The van der Waals surface area contributed by atoms with E-state index in [4.69, 9.17) is 15.0 Å². The van der Waals surface area contributed by atoms with Gasteiger partial charge in [0.1, 0.15) is 5.65 Å². The first-order valence-electron chi connectivity index (χ1n) is 14.0. The molecule has 0 fully saturated rings. The SMILES string of the molecule is c1cnc2cc(P(c3ccc4cccnc4c3)c3cccc4nc5c6ccccc6c6ccccc6n5c34)ccc2c1. The molecule has 42 heavy (non-hydrogen) atoms. The number of imidazole rings is 1. The van der Waals surface area contributed by atoms with Crippen LogP contribution in [0.25, 0.3) is 60.2 Å². The topological polar surface area (TPSA) is 43.1 Å². The van der Waals surface area contributed by atoms with Gasteiger partial charge in [-0.15, -0.1) is 0 Å². The van der Waals surface area contributed by atoms with E-state index in [1.54, 1.807) is 0 Å². The van der Waals surface area contributed by atoms with Crippen LogP contribution >= 0.6 is 7.92 Å². The zero-order chi connectivity index (χ0) is 27.6. The van der Waals surface area contributed by atoms with Gasteiger partial charge in [-0.2, -0.15) is 0 Å². The molecule has 4 nitrogen and oxygen atoms in total. The number of hydrogen-bond donors (Lipinski definition) is 0. The molecule has 0 N–H and O–H groups in total. The van der Waals surface area contributed by atoms with Crippen molar-refractivity contribution in [3.63, 3.8) is 0 Å². The molecule has 0 aliphatic carbocycles. The first-order chi connectivity index (χ1) is 20.8. The highest BCUT2D eigenvalue weighted by Gasteiger charge is 2.24. The van der Waals surface area contributed by atoms with E-state index in [2.05, 4.69) is 120 Å². The number of pyridine rings is 3. The number of para-hydroxylation sites is 2. The van der Waals surface area contributed by atoms with Crippen molar-refractivity contribution in [1.82, 2.24) is 19.4 Å². The van der Waals surface area contributed by atoms with Crippen LogP contribution in [0.4, 0.5) is 0 Å². The summed E-state index contributed by atoms with van der Waals surface area (Å²) in [5.41, 5.74) is 6.31. The Bertz CT molecular complexity index is 2420. The van der Waals surface area contributed by atoms with Crippen LogP contribution in [-0.4, -0.2) is 19.4 Å². The van der Waals surface area contributed by atoms with Crippen LogP contribution in [0.15, 0.2) is 140 Å². The van der Waals surface area contributed by atoms with Gasteiger partial charge in [-0.05, 0) is 60.3 Å². The third-order valence-electron chi connectivity index (χ3n) is 8.19. The molecule has 0 atom stereocenters. The summed E-state index contributed by atoms with van der Waals surface area (Å²) in [4.78, 5) is 14.7. The Kier molecular flexibility index (Phi) is 5.13. The number of fused-ring (bicyclic) bond motifs is 10. The van der Waals surface area contributed by atoms with Crippen LogP contribution in [0.2, 0.25) is 0 Å². The minimum atomic E-state index is -0.979. The number of aromatic nitrogens is 4. The highest BCUT2D eigenvalue weighted by molar-refractivity contribution is 7.80. The second-order valence-corrected chi connectivity index (χ2v) is 12.8. The van der Waals surface area contributed by atoms with Crippen molar-refractivity contribution >= 4 is 84.0 Å². The molecule has 0 amide bonds. The maximum atomic E-state index is 5.27. The molecule has 9 rings (SSSR count). The average molecular weight is 555 g/mol. The van der Waals surface area contributed by atoms with Crippen LogP contribution in [0.3, 0.4) is 0 Å². The van der Waals surface area contributed by atoms with Gasteiger partial charge >= 0.3 is 0 Å². The first-order valence-corrected chi connectivity index (χ1v) is 15.4. The fraction of sp³-hybridized carbons (Fsp3) is 0. The molecule has 0 unspecified atom stereocenters. The van der Waals surface area contributed by atoms with Crippen LogP contribution in [0.5, 0.6) is 0 Å². The molecule has 0 saturated heterocycles. The van der Waals surface area contributed by atoms with Crippen molar-refractivity contribution in [2.45, 2.75) is 0 Å². The van der Waals surface area contributed by atoms with E-state index in [-0.39, 0.29) is 0 Å². The van der Waals surface area contributed by atoms with Gasteiger partial charge in [-0.1, -0.05) is 91.0 Å². The molecule has 0 aliphatic heterocycles. The van der Waals surface area contributed by atoms with Crippen molar-refractivity contribution in [2.24, 2.45) is 0 Å². The zero-order valence-electron chi connectivity index (χ0n) is 22.5. The lowest BCUT2D eigenvalue weighted by molar-refractivity contribution is 1.32. The van der Waals surface area contributed by atoms with Crippen LogP contribution < -0.4 is 15.9 Å². The smallest absolute Gasteiger partial charge is 0.146 e. The largest absolute Gasteiger partial charge is 0.291 e. The van der Waals surface area contributed by atoms with Gasteiger partial charge < -0.3 is 0 Å². The molecule has 0 bridgehead atoms. The third kappa shape index (κ3) is 3.49. The molecular weight excluding hydrogens is 531 g/mol. The third-order valence-corrected chi connectivity index (χ3v) is 10.6. The molecule has 4 aromatic heterocycles. The zero-order valence-corrected chi connectivity index (χ0v) is 23.4. The van der Waals surface area contributed by atoms with E-state index in [1.165, 1.54) is 26.7 Å². The van der Waals surface area contributed by atoms with Gasteiger partial charge in [0.05, 0.1) is 27.6 Å². The summed E-state index contributed by atoms with van der Waals surface area (Å²) in [5.74, 6) is 0. The van der Waals surface area contributed by atoms with Crippen molar-refractivity contribution in [2.75, 3.05) is 0 Å². The summed E-state index contributed by atoms with van der Waals surface area (Å²) in [5, 5.41) is 9.65. The molecule has 5 aromatic carbocycles. The fourth-order valence-corrected chi connectivity index (χ4v) is 8.79. The van der Waals surface area contributed by atoms with Gasteiger partial charge in [-0.3, -0.25) is 14.4 Å². The van der Waals surface area contributed by atoms with Gasteiger partial charge in [0.15, 0.2) is 0 Å². The molecule has 5 heteroatoms. The summed E-state index contributed by atoms with van der Waals surface area (Å²) in [7, 11) is -0.979. The van der Waals surface area contributed by atoms with E-state index in [0.717, 1.165) is 49.4 Å². The summed E-state index contributed by atoms with van der Waals surface area (Å²) in [6.07, 6.45) is 3.74. The predicted octanol–water partition coefficient (Wildman–Crippen LogP) is 7.65. The number of rotatable bonds is 3. The van der Waals surface area contributed by atoms with Gasteiger partial charge in [0.2, 0.25) is 0 Å². The number of nitrogens with zero attached hydrogens (tertiary/aromatic N) is 4. The summed E-state index contributed by atoms with van der Waals surface area (Å²) >= 11 is 0. The molecule has 196 valence electrons. The average Bonchev–Trinajstić information content (AvgIpc) is 3.46. The van der Waals surface area contributed by atoms with Crippen molar-refractivity contribution in [1.29, 1.82) is 0 Å². The Balaban J connectivity index is 1.43. The molecule has 4 heterocycles. The summed E-state index contributed by atoms with van der Waals surface area (Å²) < 4.78 is 2.39. The number of hydrogen-bond acceptors (Lipinski definition) is 3. The normalized spacial score (nSPS) is 12.0. The van der Waals surface area contributed by atoms with Crippen LogP contribution in [0.1, 0.15) is 0 Å². The van der Waals surface area contributed by atoms with E-state index in [9.17, 15) is 0 Å². The lowest BCUT2D eigenvalue weighted by atomic mass is 10.1. The van der Waals surface area contributed by atoms with Crippen molar-refractivity contribution < 1.29 is 0 Å². The second-order valence-electron chi connectivity index (χ2n) is 10.6. The van der Waals surface area contributed by atoms with E-state index < -0.39 is 7.92 Å². The maximum Gasteiger partial charge on any atom is 0.146 e. The molecule has 9 aromatic rings. The highest BCUT2D eigenvalue weighted by Crippen LogP contribution is 2.39. The summed E-state index contributed by atoms with van der Waals surface area (Å²) in [6.45, 7) is 0. The lowest BCUT2D eigenvalue weighted by Crippen LogP contribution is -2.22. The maximum absolute atomic E-state index is 5.27. The Morgan fingerprint density at radius 3 is 1.86 bits per heavy atom. The van der Waals surface area contributed by atoms with E-state index in [0.29, 0.717) is 0 Å². The first kappa shape index (κ1) is 23.5. The molecule has 0 radical (unpaired) electrons. The van der Waals surface area contributed by atoms with E-state index >= 15 is 0 Å². The minimum absolute atomic E-state index is 0.979. The van der Waals surface area contributed by atoms with Crippen molar-refractivity contribution in [3.05, 3.63) is 140 Å². The Morgan fingerprint density at radius 1 is 0.500 bits per heavy atom. The molecule has 0 aliphatic rings. The van der Waals surface area contributed by atoms with Gasteiger partial charge in [-0.25, -0.2) is 4.98 Å². The van der Waals surface area contributed by atoms with E-state index in [1.807, 2.05) is 24.5 Å².